The molecule has 0 aliphatic heterocycles. The van der Waals surface area contributed by atoms with Crippen LogP contribution in [0.25, 0.3) is 10.9 Å². The van der Waals surface area contributed by atoms with Crippen molar-refractivity contribution in [3.05, 3.63) is 35.0 Å². The number of aromatic nitrogens is 1. The van der Waals surface area contributed by atoms with Crippen molar-refractivity contribution in [3.63, 3.8) is 0 Å². The standard InChI is InChI=1S/C15H16ClNO2/c1-17-8-12(16)15-10(3-2-4-13(15)17)11(7-14(18)19)9-5-6-9/h2-4,8-9,11H,5-7H2,1H3,(H,18,19). The first-order valence-corrected chi connectivity index (χ1v) is 6.91. The van der Waals surface area contributed by atoms with E-state index in [2.05, 4.69) is 0 Å². The van der Waals surface area contributed by atoms with Crippen molar-refractivity contribution < 1.29 is 9.90 Å². The molecule has 1 atom stereocenters. The second-order valence-corrected chi connectivity index (χ2v) is 5.78. The lowest BCUT2D eigenvalue weighted by molar-refractivity contribution is -0.137. The summed E-state index contributed by atoms with van der Waals surface area (Å²) in [6, 6.07) is 6.04. The number of fused-ring (bicyclic) bond motifs is 1. The molecule has 4 heteroatoms. The zero-order chi connectivity index (χ0) is 13.6. The molecule has 0 saturated heterocycles. The monoisotopic (exact) mass is 277 g/mol. The van der Waals surface area contributed by atoms with Crippen LogP contribution in [0.3, 0.4) is 0 Å². The Kier molecular flexibility index (Phi) is 3.02. The van der Waals surface area contributed by atoms with Crippen molar-refractivity contribution >= 4 is 28.5 Å². The number of carboxylic acid groups (broad SMARTS) is 1. The number of carbonyl (C=O) groups is 1. The lowest BCUT2D eigenvalue weighted by Gasteiger charge is -2.16. The lowest BCUT2D eigenvalue weighted by Crippen LogP contribution is -2.08. The van der Waals surface area contributed by atoms with Crippen molar-refractivity contribution in [1.82, 2.24) is 4.57 Å². The van der Waals surface area contributed by atoms with E-state index in [1.54, 1.807) is 0 Å². The van der Waals surface area contributed by atoms with Gasteiger partial charge in [-0.15, -0.1) is 0 Å². The molecule has 1 aliphatic rings. The Balaban J connectivity index is 2.14. The average Bonchev–Trinajstić information content (AvgIpc) is 3.14. The van der Waals surface area contributed by atoms with Gasteiger partial charge in [0, 0.05) is 24.1 Å². The van der Waals surface area contributed by atoms with Crippen molar-refractivity contribution in [2.75, 3.05) is 0 Å². The molecule has 3 rings (SSSR count). The summed E-state index contributed by atoms with van der Waals surface area (Å²) >= 11 is 6.32. The number of aryl methyl sites for hydroxylation is 1. The Morgan fingerprint density at radius 1 is 1.53 bits per heavy atom. The Bertz CT molecular complexity index is 643. The van der Waals surface area contributed by atoms with Gasteiger partial charge in [-0.3, -0.25) is 4.79 Å². The van der Waals surface area contributed by atoms with Gasteiger partial charge in [-0.05, 0) is 36.3 Å². The minimum absolute atomic E-state index is 0.0844. The van der Waals surface area contributed by atoms with Gasteiger partial charge in [-0.25, -0.2) is 0 Å². The quantitative estimate of drug-likeness (QED) is 0.924. The van der Waals surface area contributed by atoms with E-state index >= 15 is 0 Å². The fraction of sp³-hybridized carbons (Fsp3) is 0.400. The molecular weight excluding hydrogens is 262 g/mol. The summed E-state index contributed by atoms with van der Waals surface area (Å²) in [5.41, 5.74) is 2.16. The van der Waals surface area contributed by atoms with Crippen molar-refractivity contribution in [1.29, 1.82) is 0 Å². The normalized spacial score (nSPS) is 16.7. The summed E-state index contributed by atoms with van der Waals surface area (Å²) in [6.07, 6.45) is 4.33. The van der Waals surface area contributed by atoms with E-state index in [1.807, 2.05) is 36.0 Å². The Labute approximate surface area is 116 Å². The maximum absolute atomic E-state index is 11.1. The highest BCUT2D eigenvalue weighted by atomic mass is 35.5. The molecule has 3 nitrogen and oxygen atoms in total. The van der Waals surface area contributed by atoms with Crippen LogP contribution in [0, 0.1) is 5.92 Å². The SMILES string of the molecule is Cn1cc(Cl)c2c(C(CC(=O)O)C3CC3)cccc21. The van der Waals surface area contributed by atoms with Crippen molar-refractivity contribution in [3.8, 4) is 0 Å². The van der Waals surface area contributed by atoms with Crippen LogP contribution < -0.4 is 0 Å². The summed E-state index contributed by atoms with van der Waals surface area (Å²) in [7, 11) is 1.96. The number of halogens is 1. The number of benzene rings is 1. The van der Waals surface area contributed by atoms with Gasteiger partial charge in [-0.2, -0.15) is 0 Å². The van der Waals surface area contributed by atoms with Crippen LogP contribution in [0.2, 0.25) is 5.02 Å². The molecule has 19 heavy (non-hydrogen) atoms. The van der Waals surface area contributed by atoms with Gasteiger partial charge in [0.2, 0.25) is 0 Å². The minimum atomic E-state index is -0.735. The Hall–Kier alpha value is -1.48. The first-order chi connectivity index (χ1) is 9.08. The average molecular weight is 278 g/mol. The summed E-state index contributed by atoms with van der Waals surface area (Å²) in [5.74, 6) is -0.153. The fourth-order valence-electron chi connectivity index (χ4n) is 2.94. The largest absolute Gasteiger partial charge is 0.481 e. The number of hydrogen-bond donors (Lipinski definition) is 1. The molecule has 1 heterocycles. The maximum atomic E-state index is 11.1. The van der Waals surface area contributed by atoms with Crippen LogP contribution in [-0.2, 0) is 11.8 Å². The molecule has 0 spiro atoms. The first-order valence-electron chi connectivity index (χ1n) is 6.53. The molecule has 2 aromatic rings. The molecule has 1 aliphatic carbocycles. The molecular formula is C15H16ClNO2. The van der Waals surface area contributed by atoms with E-state index in [0.717, 1.165) is 29.3 Å². The van der Waals surface area contributed by atoms with Crippen LogP contribution in [0.5, 0.6) is 0 Å². The van der Waals surface area contributed by atoms with E-state index in [9.17, 15) is 4.79 Å². The summed E-state index contributed by atoms with van der Waals surface area (Å²) in [4.78, 5) is 11.1. The minimum Gasteiger partial charge on any atom is -0.481 e. The predicted octanol–water partition coefficient (Wildman–Crippen LogP) is 3.80. The number of nitrogens with zero attached hydrogens (tertiary/aromatic N) is 1. The topological polar surface area (TPSA) is 42.2 Å². The van der Waals surface area contributed by atoms with Crippen LogP contribution >= 0.6 is 11.6 Å². The molecule has 1 saturated carbocycles. The van der Waals surface area contributed by atoms with Gasteiger partial charge < -0.3 is 9.67 Å². The van der Waals surface area contributed by atoms with E-state index in [1.165, 1.54) is 0 Å². The molecule has 1 fully saturated rings. The highest BCUT2D eigenvalue weighted by Gasteiger charge is 2.35. The zero-order valence-corrected chi connectivity index (χ0v) is 11.5. The van der Waals surface area contributed by atoms with E-state index in [0.29, 0.717) is 10.9 Å². The van der Waals surface area contributed by atoms with Crippen LogP contribution in [0.1, 0.15) is 30.7 Å². The number of hydrogen-bond acceptors (Lipinski definition) is 1. The van der Waals surface area contributed by atoms with E-state index < -0.39 is 5.97 Å². The lowest BCUT2D eigenvalue weighted by atomic mass is 9.89. The predicted molar refractivity (Wildman–Crippen MR) is 75.6 cm³/mol. The third-order valence-electron chi connectivity index (χ3n) is 3.99. The molecule has 0 amide bonds. The van der Waals surface area contributed by atoms with Crippen molar-refractivity contribution in [2.45, 2.75) is 25.2 Å². The molecule has 1 aromatic carbocycles. The third kappa shape index (κ3) is 2.23. The molecule has 1 aromatic heterocycles. The fourth-order valence-corrected chi connectivity index (χ4v) is 3.29. The highest BCUT2D eigenvalue weighted by Crippen LogP contribution is 2.47. The van der Waals surface area contributed by atoms with Crippen LogP contribution in [0.4, 0.5) is 0 Å². The molecule has 100 valence electrons. The Morgan fingerprint density at radius 2 is 2.26 bits per heavy atom. The highest BCUT2D eigenvalue weighted by molar-refractivity contribution is 6.36. The van der Waals surface area contributed by atoms with Gasteiger partial charge in [0.15, 0.2) is 0 Å². The second kappa shape index (κ2) is 4.57. The van der Waals surface area contributed by atoms with Crippen LogP contribution in [0.15, 0.2) is 24.4 Å². The summed E-state index contributed by atoms with van der Waals surface area (Å²) < 4.78 is 1.99. The van der Waals surface area contributed by atoms with Crippen molar-refractivity contribution in [2.24, 2.45) is 13.0 Å². The van der Waals surface area contributed by atoms with Gasteiger partial charge in [0.05, 0.1) is 11.4 Å². The first kappa shape index (κ1) is 12.5. The second-order valence-electron chi connectivity index (χ2n) is 5.37. The smallest absolute Gasteiger partial charge is 0.303 e. The molecule has 1 unspecified atom stereocenters. The van der Waals surface area contributed by atoms with Gasteiger partial charge in [0.1, 0.15) is 0 Å². The zero-order valence-electron chi connectivity index (χ0n) is 10.8. The number of aliphatic carboxylic acids is 1. The molecule has 0 bridgehead atoms. The summed E-state index contributed by atoms with van der Waals surface area (Å²) in [5, 5.41) is 10.9. The van der Waals surface area contributed by atoms with Gasteiger partial charge in [0.25, 0.3) is 0 Å². The third-order valence-corrected chi connectivity index (χ3v) is 4.27. The van der Waals surface area contributed by atoms with Gasteiger partial charge >= 0.3 is 5.97 Å². The maximum Gasteiger partial charge on any atom is 0.303 e. The van der Waals surface area contributed by atoms with Gasteiger partial charge in [-0.1, -0.05) is 23.7 Å². The molecule has 1 N–H and O–H groups in total. The van der Waals surface area contributed by atoms with E-state index in [-0.39, 0.29) is 12.3 Å². The number of carboxylic acids is 1. The summed E-state index contributed by atoms with van der Waals surface area (Å²) in [6.45, 7) is 0. The number of rotatable bonds is 4. The van der Waals surface area contributed by atoms with E-state index in [4.69, 9.17) is 16.7 Å². The molecule has 0 radical (unpaired) electrons. The Morgan fingerprint density at radius 3 is 2.89 bits per heavy atom. The van der Waals surface area contributed by atoms with Crippen LogP contribution in [-0.4, -0.2) is 15.6 Å².